The van der Waals surface area contributed by atoms with Crippen molar-refractivity contribution in [3.8, 4) is 0 Å². The van der Waals surface area contributed by atoms with E-state index in [9.17, 15) is 19.2 Å². The van der Waals surface area contributed by atoms with Gasteiger partial charge in [0.1, 0.15) is 31.8 Å². The van der Waals surface area contributed by atoms with Crippen LogP contribution in [0.15, 0.2) is 0 Å². The Morgan fingerprint density at radius 2 is 0.301 bits per heavy atom. The molecule has 0 aromatic rings. The third kappa shape index (κ3) is 61.9. The van der Waals surface area contributed by atoms with Crippen molar-refractivity contribution >= 4 is 23.9 Å². The van der Waals surface area contributed by atoms with Crippen LogP contribution in [0, 0.1) is 29.1 Å². The fourth-order valence-electron chi connectivity index (χ4n) is 13.5. The smallest absolute Gasteiger partial charge is 0.308 e. The highest BCUT2D eigenvalue weighted by Crippen LogP contribution is 2.28. The van der Waals surface area contributed by atoms with Gasteiger partial charge in [0.2, 0.25) is 0 Å². The van der Waals surface area contributed by atoms with Gasteiger partial charge in [-0.05, 0) is 25.7 Å². The molecule has 0 N–H and O–H groups in total. The summed E-state index contributed by atoms with van der Waals surface area (Å²) in [7, 11) is 0. The Labute approximate surface area is 580 Å². The summed E-state index contributed by atoms with van der Waals surface area (Å²) in [5.74, 6) is -2.57. The van der Waals surface area contributed by atoms with E-state index in [2.05, 4.69) is 27.7 Å². The predicted molar refractivity (Wildman–Crippen MR) is 401 cm³/mol. The van der Waals surface area contributed by atoms with Gasteiger partial charge in [0.25, 0.3) is 0 Å². The van der Waals surface area contributed by atoms with Gasteiger partial charge in [-0.25, -0.2) is 0 Å². The number of esters is 4. The van der Waals surface area contributed by atoms with E-state index in [1.54, 1.807) is 0 Å². The first-order valence-corrected chi connectivity index (χ1v) is 42.1. The van der Waals surface area contributed by atoms with Crippen LogP contribution < -0.4 is 0 Å². The molecule has 0 rings (SSSR count). The molecular weight excluding hydrogens is 1150 g/mol. The Hall–Kier alpha value is -2.12. The molecule has 8 heteroatoms. The summed E-state index contributed by atoms with van der Waals surface area (Å²) in [6, 6.07) is 0. The molecule has 0 saturated heterocycles. The lowest BCUT2D eigenvalue weighted by molar-refractivity contribution is -0.175. The van der Waals surface area contributed by atoms with E-state index in [0.717, 1.165) is 77.0 Å². The largest absolute Gasteiger partial charge is 0.464 e. The molecule has 93 heavy (non-hydrogen) atoms. The molecule has 0 bridgehead atoms. The van der Waals surface area contributed by atoms with E-state index in [-0.39, 0.29) is 74.0 Å². The van der Waals surface area contributed by atoms with Crippen LogP contribution >= 0.6 is 0 Å². The molecule has 0 saturated carbocycles. The molecule has 0 aromatic heterocycles. The number of unbranched alkanes of at least 4 members (excludes halogenated alkanes) is 56. The van der Waals surface area contributed by atoms with Crippen LogP contribution in [0.25, 0.3) is 0 Å². The maximum Gasteiger partial charge on any atom is 0.308 e. The van der Waals surface area contributed by atoms with E-state index < -0.39 is 5.41 Å². The van der Waals surface area contributed by atoms with E-state index in [4.69, 9.17) is 18.9 Å². The van der Waals surface area contributed by atoms with Gasteiger partial charge in [-0.15, -0.1) is 0 Å². The van der Waals surface area contributed by atoms with Gasteiger partial charge >= 0.3 is 23.9 Å². The fraction of sp³-hybridized carbons (Fsp3) is 0.953. The summed E-state index contributed by atoms with van der Waals surface area (Å²) in [5, 5.41) is 0. The molecule has 0 aliphatic heterocycles. The maximum absolute atomic E-state index is 13.9. The number of carbonyl (C=O) groups excluding carboxylic acids is 4. The summed E-state index contributed by atoms with van der Waals surface area (Å²) in [5.41, 5.74) is -1.26. The van der Waals surface area contributed by atoms with Crippen molar-refractivity contribution in [2.24, 2.45) is 29.1 Å². The lowest BCUT2D eigenvalue weighted by Crippen LogP contribution is -2.45. The minimum atomic E-state index is -1.26. The number of hydrogen-bond donors (Lipinski definition) is 0. The summed E-state index contributed by atoms with van der Waals surface area (Å²) < 4.78 is 24.8. The molecule has 552 valence electrons. The van der Waals surface area contributed by atoms with Crippen LogP contribution in [0.2, 0.25) is 0 Å². The molecule has 0 amide bonds. The van der Waals surface area contributed by atoms with Crippen molar-refractivity contribution in [2.75, 3.05) is 26.4 Å². The average Bonchev–Trinajstić information content (AvgIpc) is 0.977. The molecule has 8 nitrogen and oxygen atoms in total. The molecule has 4 unspecified atom stereocenters. The van der Waals surface area contributed by atoms with E-state index in [1.807, 2.05) is 27.7 Å². The quantitative estimate of drug-likeness (QED) is 0.0337. The van der Waals surface area contributed by atoms with Gasteiger partial charge in [0.05, 0.1) is 23.7 Å². The van der Waals surface area contributed by atoms with Gasteiger partial charge < -0.3 is 18.9 Å². The Bertz CT molecular complexity index is 1350. The van der Waals surface area contributed by atoms with Crippen molar-refractivity contribution in [2.45, 2.75) is 466 Å². The lowest BCUT2D eigenvalue weighted by atomic mass is 9.91. The van der Waals surface area contributed by atoms with E-state index in [1.165, 1.54) is 334 Å². The van der Waals surface area contributed by atoms with Crippen molar-refractivity contribution in [3.63, 3.8) is 0 Å². The third-order valence-electron chi connectivity index (χ3n) is 20.7. The third-order valence-corrected chi connectivity index (χ3v) is 20.7. The van der Waals surface area contributed by atoms with Crippen molar-refractivity contribution in [3.05, 3.63) is 0 Å². The van der Waals surface area contributed by atoms with Crippen molar-refractivity contribution in [1.82, 2.24) is 0 Å². The second-order valence-electron chi connectivity index (χ2n) is 30.5. The molecule has 0 heterocycles. The van der Waals surface area contributed by atoms with Gasteiger partial charge in [-0.2, -0.15) is 0 Å². The first kappa shape index (κ1) is 90.9. The van der Waals surface area contributed by atoms with Crippen LogP contribution in [0.4, 0.5) is 0 Å². The Kier molecular flexibility index (Phi) is 69.6. The molecule has 0 spiro atoms. The zero-order valence-electron chi connectivity index (χ0n) is 64.2. The van der Waals surface area contributed by atoms with Crippen LogP contribution in [0.5, 0.6) is 0 Å². The Morgan fingerprint density at radius 3 is 0.419 bits per heavy atom. The highest BCUT2D eigenvalue weighted by molar-refractivity contribution is 5.74. The number of hydrogen-bond acceptors (Lipinski definition) is 8. The minimum Gasteiger partial charge on any atom is -0.464 e. The number of ether oxygens (including phenoxy) is 4. The fourth-order valence-corrected chi connectivity index (χ4v) is 13.5. The monoisotopic (exact) mass is 1310 g/mol. The number of carbonyl (C=O) groups is 4. The van der Waals surface area contributed by atoms with Gasteiger partial charge in [-0.3, -0.25) is 19.2 Å². The highest BCUT2D eigenvalue weighted by atomic mass is 16.6. The normalized spacial score (nSPS) is 13.6. The van der Waals surface area contributed by atoms with Crippen LogP contribution in [0.1, 0.15) is 466 Å². The molecule has 4 atom stereocenters. The molecular formula is C85H164O8. The zero-order chi connectivity index (χ0) is 68.0. The first-order chi connectivity index (χ1) is 45.5. The maximum atomic E-state index is 13.9. The second-order valence-corrected chi connectivity index (χ2v) is 30.5. The summed E-state index contributed by atoms with van der Waals surface area (Å²) in [4.78, 5) is 55.7. The molecule has 0 radical (unpaired) electrons. The van der Waals surface area contributed by atoms with Crippen LogP contribution in [-0.2, 0) is 38.1 Å². The van der Waals surface area contributed by atoms with E-state index in [0.29, 0.717) is 0 Å². The zero-order valence-corrected chi connectivity index (χ0v) is 64.2. The first-order valence-electron chi connectivity index (χ1n) is 42.1. The summed E-state index contributed by atoms with van der Waals surface area (Å²) in [6.45, 7) is 16.1. The lowest BCUT2D eigenvalue weighted by Gasteiger charge is -2.33. The van der Waals surface area contributed by atoms with Gasteiger partial charge in [0.15, 0.2) is 0 Å². The Morgan fingerprint density at radius 1 is 0.194 bits per heavy atom. The predicted octanol–water partition coefficient (Wildman–Crippen LogP) is 27.7. The average molecular weight is 1310 g/mol. The summed E-state index contributed by atoms with van der Waals surface area (Å²) >= 11 is 0. The van der Waals surface area contributed by atoms with E-state index >= 15 is 0 Å². The molecule has 0 fully saturated rings. The molecule has 0 aliphatic rings. The van der Waals surface area contributed by atoms with Crippen molar-refractivity contribution in [1.29, 1.82) is 0 Å². The number of rotatable bonds is 76. The Balaban J connectivity index is 5.77. The van der Waals surface area contributed by atoms with Gasteiger partial charge in [-0.1, -0.05) is 441 Å². The standard InChI is InChI=1S/C85H164O8/c1-9-13-17-21-25-29-33-37-41-45-49-53-57-61-65-69-77(5)81(86)90-73-85(74-91-82(87)78(6)70-66-62-58-54-50-46-42-38-34-30-26-22-18-14-10-2,75-92-83(88)79(7)71-67-63-59-55-51-47-43-39-35-31-27-23-19-15-11-3)76-93-84(89)80(8)72-68-64-60-56-52-48-44-40-36-32-28-24-20-16-12-4/h77-80H,9-76H2,1-8H3. The topological polar surface area (TPSA) is 105 Å². The van der Waals surface area contributed by atoms with Crippen LogP contribution in [-0.4, -0.2) is 50.3 Å². The minimum absolute atomic E-state index is 0.183. The second kappa shape index (κ2) is 71.2. The molecule has 0 aromatic carbocycles. The van der Waals surface area contributed by atoms with Gasteiger partial charge in [0, 0.05) is 0 Å². The molecule has 0 aliphatic carbocycles. The van der Waals surface area contributed by atoms with Crippen molar-refractivity contribution < 1.29 is 38.1 Å². The highest BCUT2D eigenvalue weighted by Gasteiger charge is 2.39. The van der Waals surface area contributed by atoms with Crippen LogP contribution in [0.3, 0.4) is 0 Å². The SMILES string of the molecule is CCCCCCCCCCCCCCCCCC(C)C(=O)OCC(COC(=O)C(C)CCCCCCCCCCCCCCCCC)(COC(=O)C(C)CCCCCCCCCCCCCCCCC)COC(=O)C(C)CCCCCCCCCCCCCCCCC. The summed E-state index contributed by atoms with van der Waals surface area (Å²) in [6.07, 6.45) is 80.5.